The summed E-state index contributed by atoms with van der Waals surface area (Å²) in [6.45, 7) is 3.74. The molecule has 0 atom stereocenters. The summed E-state index contributed by atoms with van der Waals surface area (Å²) in [5.41, 5.74) is 1.56. The van der Waals surface area contributed by atoms with Crippen LogP contribution in [0.15, 0.2) is 58.8 Å². The van der Waals surface area contributed by atoms with Gasteiger partial charge in [0, 0.05) is 42.3 Å². The van der Waals surface area contributed by atoms with Crippen LogP contribution in [0.2, 0.25) is 10.0 Å². The van der Waals surface area contributed by atoms with Crippen LogP contribution < -0.4 is 10.2 Å². The number of carboxylic acid groups (broad SMARTS) is 1. The van der Waals surface area contributed by atoms with E-state index in [4.69, 9.17) is 33.3 Å². The van der Waals surface area contributed by atoms with Crippen LogP contribution in [0.1, 0.15) is 24.1 Å². The Hall–Kier alpha value is -2.55. The number of anilines is 1. The first-order valence-corrected chi connectivity index (χ1v) is 12.0. The molecule has 0 spiro atoms. The Kier molecular flexibility index (Phi) is 7.26. The molecular weight excluding hydrogens is 481 g/mol. The Balaban J connectivity index is 1.49. The molecule has 0 radical (unpaired) electrons. The molecule has 10 heteroatoms. The summed E-state index contributed by atoms with van der Waals surface area (Å²) < 4.78 is 0. The van der Waals surface area contributed by atoms with E-state index in [1.165, 1.54) is 11.8 Å². The van der Waals surface area contributed by atoms with Crippen molar-refractivity contribution < 1.29 is 9.90 Å². The SMILES string of the molecule is Cc1nc(N2CCC(CNC(=O)O)(c3cccnc3)CC2)cnc1Sc1cccc(Cl)c1Cl. The minimum atomic E-state index is -1.02. The lowest BCUT2D eigenvalue weighted by Crippen LogP contribution is -2.49. The van der Waals surface area contributed by atoms with Gasteiger partial charge in [0.25, 0.3) is 0 Å². The lowest BCUT2D eigenvalue weighted by molar-refractivity contribution is 0.188. The smallest absolute Gasteiger partial charge is 0.404 e. The highest BCUT2D eigenvalue weighted by molar-refractivity contribution is 7.99. The van der Waals surface area contributed by atoms with Crippen molar-refractivity contribution in [3.8, 4) is 0 Å². The highest BCUT2D eigenvalue weighted by Gasteiger charge is 2.37. The lowest BCUT2D eigenvalue weighted by atomic mass is 9.73. The second kappa shape index (κ2) is 10.2. The highest BCUT2D eigenvalue weighted by Crippen LogP contribution is 2.39. The van der Waals surface area contributed by atoms with E-state index < -0.39 is 6.09 Å². The predicted octanol–water partition coefficient (Wildman–Crippen LogP) is 5.44. The van der Waals surface area contributed by atoms with Crippen molar-refractivity contribution in [2.45, 2.75) is 35.1 Å². The number of hydrogen-bond acceptors (Lipinski definition) is 6. The zero-order valence-electron chi connectivity index (χ0n) is 18.0. The van der Waals surface area contributed by atoms with Crippen LogP contribution >= 0.6 is 35.0 Å². The van der Waals surface area contributed by atoms with Gasteiger partial charge in [0.2, 0.25) is 0 Å². The summed E-state index contributed by atoms with van der Waals surface area (Å²) in [7, 11) is 0. The minimum absolute atomic E-state index is 0.301. The number of halogens is 2. The van der Waals surface area contributed by atoms with Gasteiger partial charge in [-0.15, -0.1) is 0 Å². The van der Waals surface area contributed by atoms with Crippen LogP contribution in [0, 0.1) is 6.92 Å². The van der Waals surface area contributed by atoms with Gasteiger partial charge < -0.3 is 15.3 Å². The molecule has 0 bridgehead atoms. The van der Waals surface area contributed by atoms with Crippen LogP contribution in [0.4, 0.5) is 10.6 Å². The summed E-state index contributed by atoms with van der Waals surface area (Å²) in [4.78, 5) is 27.9. The van der Waals surface area contributed by atoms with E-state index in [2.05, 4.69) is 20.2 Å². The maximum Gasteiger partial charge on any atom is 0.404 e. The molecule has 1 saturated heterocycles. The Morgan fingerprint density at radius 3 is 2.67 bits per heavy atom. The number of pyridine rings is 1. The molecule has 1 aromatic carbocycles. The van der Waals surface area contributed by atoms with E-state index in [1.807, 2.05) is 37.4 Å². The number of piperidine rings is 1. The second-order valence-electron chi connectivity index (χ2n) is 7.94. The molecule has 172 valence electrons. The normalized spacial score (nSPS) is 15.3. The summed E-state index contributed by atoms with van der Waals surface area (Å²) in [6, 6.07) is 9.42. The molecule has 7 nitrogen and oxygen atoms in total. The van der Waals surface area contributed by atoms with Crippen molar-refractivity contribution in [3.05, 3.63) is 70.2 Å². The van der Waals surface area contributed by atoms with Gasteiger partial charge in [-0.2, -0.15) is 0 Å². The van der Waals surface area contributed by atoms with Gasteiger partial charge in [-0.1, -0.05) is 47.1 Å². The summed E-state index contributed by atoms with van der Waals surface area (Å²) in [5.74, 6) is 0.806. The highest BCUT2D eigenvalue weighted by atomic mass is 35.5. The third kappa shape index (κ3) is 5.34. The number of hydrogen-bond donors (Lipinski definition) is 2. The van der Waals surface area contributed by atoms with Gasteiger partial charge in [0.05, 0.1) is 21.9 Å². The molecular formula is C23H23Cl2N5O2S. The fraction of sp³-hybridized carbons (Fsp3) is 0.304. The van der Waals surface area contributed by atoms with Crippen molar-refractivity contribution in [3.63, 3.8) is 0 Å². The van der Waals surface area contributed by atoms with E-state index in [0.717, 1.165) is 52.9 Å². The third-order valence-electron chi connectivity index (χ3n) is 5.91. The van der Waals surface area contributed by atoms with Crippen LogP contribution in [-0.2, 0) is 5.41 Å². The van der Waals surface area contributed by atoms with E-state index in [1.54, 1.807) is 18.5 Å². The maximum atomic E-state index is 11.2. The molecule has 0 unspecified atom stereocenters. The molecule has 3 heterocycles. The number of carbonyl (C=O) groups is 1. The molecule has 3 aromatic rings. The Morgan fingerprint density at radius 1 is 1.21 bits per heavy atom. The van der Waals surface area contributed by atoms with E-state index in [9.17, 15) is 4.79 Å². The molecule has 4 rings (SSSR count). The summed E-state index contributed by atoms with van der Waals surface area (Å²) in [6.07, 6.45) is 5.86. The number of aryl methyl sites for hydroxylation is 1. The Morgan fingerprint density at radius 2 is 2.00 bits per heavy atom. The summed E-state index contributed by atoms with van der Waals surface area (Å²) >= 11 is 13.9. The number of nitrogens with zero attached hydrogens (tertiary/aromatic N) is 4. The molecule has 2 N–H and O–H groups in total. The average Bonchev–Trinajstić information content (AvgIpc) is 2.83. The van der Waals surface area contributed by atoms with E-state index in [0.29, 0.717) is 16.6 Å². The molecule has 2 aromatic heterocycles. The quantitative estimate of drug-likeness (QED) is 0.462. The first kappa shape index (κ1) is 23.6. The van der Waals surface area contributed by atoms with Crippen molar-refractivity contribution in [2.24, 2.45) is 0 Å². The second-order valence-corrected chi connectivity index (χ2v) is 9.76. The van der Waals surface area contributed by atoms with Crippen LogP contribution in [0.5, 0.6) is 0 Å². The lowest BCUT2D eigenvalue weighted by Gasteiger charge is -2.42. The number of nitrogens with one attached hydrogen (secondary N) is 1. The van der Waals surface area contributed by atoms with Gasteiger partial charge in [0.15, 0.2) is 0 Å². The topological polar surface area (TPSA) is 91.2 Å². The monoisotopic (exact) mass is 503 g/mol. The van der Waals surface area contributed by atoms with Gasteiger partial charge in [0.1, 0.15) is 10.8 Å². The van der Waals surface area contributed by atoms with Crippen LogP contribution in [0.3, 0.4) is 0 Å². The van der Waals surface area contributed by atoms with Crippen molar-refractivity contribution in [1.29, 1.82) is 0 Å². The van der Waals surface area contributed by atoms with Crippen molar-refractivity contribution in [2.75, 3.05) is 24.5 Å². The van der Waals surface area contributed by atoms with Gasteiger partial charge in [-0.3, -0.25) is 4.98 Å². The molecule has 33 heavy (non-hydrogen) atoms. The molecule has 1 amide bonds. The van der Waals surface area contributed by atoms with Crippen LogP contribution in [0.25, 0.3) is 0 Å². The predicted molar refractivity (Wildman–Crippen MR) is 131 cm³/mol. The largest absolute Gasteiger partial charge is 0.465 e. The number of benzene rings is 1. The first-order chi connectivity index (χ1) is 15.9. The molecule has 1 aliphatic heterocycles. The zero-order chi connectivity index (χ0) is 23.4. The molecule has 0 saturated carbocycles. The van der Waals surface area contributed by atoms with E-state index in [-0.39, 0.29) is 5.41 Å². The number of amides is 1. The Labute approximate surface area is 206 Å². The maximum absolute atomic E-state index is 11.2. The molecule has 0 aliphatic carbocycles. The number of rotatable bonds is 6. The van der Waals surface area contributed by atoms with Gasteiger partial charge >= 0.3 is 6.09 Å². The van der Waals surface area contributed by atoms with E-state index >= 15 is 0 Å². The van der Waals surface area contributed by atoms with Gasteiger partial charge in [-0.25, -0.2) is 14.8 Å². The van der Waals surface area contributed by atoms with Crippen molar-refractivity contribution in [1.82, 2.24) is 20.3 Å². The summed E-state index contributed by atoms with van der Waals surface area (Å²) in [5, 5.41) is 13.5. The average molecular weight is 504 g/mol. The van der Waals surface area contributed by atoms with Gasteiger partial charge in [-0.05, 0) is 43.5 Å². The first-order valence-electron chi connectivity index (χ1n) is 10.5. The zero-order valence-corrected chi connectivity index (χ0v) is 20.3. The molecule has 1 aliphatic rings. The number of aromatic nitrogens is 3. The fourth-order valence-electron chi connectivity index (χ4n) is 4.03. The Bertz CT molecular complexity index is 1140. The minimum Gasteiger partial charge on any atom is -0.465 e. The molecule has 1 fully saturated rings. The third-order valence-corrected chi connectivity index (χ3v) is 7.99. The van der Waals surface area contributed by atoms with Crippen molar-refractivity contribution >= 4 is 46.9 Å². The fourth-order valence-corrected chi connectivity index (χ4v) is 5.36. The van der Waals surface area contributed by atoms with Crippen LogP contribution in [-0.4, -0.2) is 45.8 Å². The standard InChI is InChI=1S/C23H23Cl2N5O2S/c1-15-21(33-18-6-2-5-17(24)20(18)25)27-13-19(29-15)30-10-7-23(8-11-30,14-28-22(31)32)16-4-3-9-26-12-16/h2-6,9,12-13,28H,7-8,10-11,14H2,1H3,(H,31,32).